The molecule has 1 aromatic carbocycles. The number of ether oxygens (including phenoxy) is 4. The third-order valence-electron chi connectivity index (χ3n) is 2.84. The molecule has 6 heteroatoms. The summed E-state index contributed by atoms with van der Waals surface area (Å²) in [5, 5.41) is 19.1. The van der Waals surface area contributed by atoms with E-state index in [1.54, 1.807) is 32.4 Å². The monoisotopic (exact) mass is 300 g/mol. The summed E-state index contributed by atoms with van der Waals surface area (Å²) in [6, 6.07) is 5.13. The van der Waals surface area contributed by atoms with E-state index in [1.165, 1.54) is 0 Å². The predicted octanol–water partition coefficient (Wildman–Crippen LogP) is 0.979. The highest BCUT2D eigenvalue weighted by atomic mass is 16.5. The van der Waals surface area contributed by atoms with E-state index < -0.39 is 6.10 Å². The molecule has 0 heterocycles. The Labute approximate surface area is 125 Å². The van der Waals surface area contributed by atoms with Gasteiger partial charge >= 0.3 is 0 Å². The largest absolute Gasteiger partial charge is 0.497 e. The van der Waals surface area contributed by atoms with Crippen LogP contribution in [0.1, 0.15) is 12.5 Å². The van der Waals surface area contributed by atoms with Crippen LogP contribution in [0.2, 0.25) is 0 Å². The Balaban J connectivity index is 2.43. The molecule has 120 valence electrons. The van der Waals surface area contributed by atoms with Gasteiger partial charge in [0.2, 0.25) is 0 Å². The molecular weight excluding hydrogens is 276 g/mol. The third-order valence-corrected chi connectivity index (χ3v) is 2.84. The molecule has 2 N–H and O–H groups in total. The highest BCUT2D eigenvalue weighted by Crippen LogP contribution is 2.24. The molecule has 0 spiro atoms. The quantitative estimate of drug-likeness (QED) is 0.671. The van der Waals surface area contributed by atoms with Gasteiger partial charge in [0.25, 0.3) is 0 Å². The van der Waals surface area contributed by atoms with E-state index in [0.29, 0.717) is 23.7 Å². The normalized spacial score (nSPS) is 13.8. The van der Waals surface area contributed by atoms with Gasteiger partial charge < -0.3 is 29.2 Å². The van der Waals surface area contributed by atoms with Gasteiger partial charge in [-0.3, -0.25) is 0 Å². The molecule has 0 saturated carbocycles. The van der Waals surface area contributed by atoms with Crippen molar-refractivity contribution in [3.05, 3.63) is 23.8 Å². The van der Waals surface area contributed by atoms with E-state index in [2.05, 4.69) is 0 Å². The van der Waals surface area contributed by atoms with E-state index in [-0.39, 0.29) is 25.9 Å². The fourth-order valence-electron chi connectivity index (χ4n) is 1.74. The first-order chi connectivity index (χ1) is 10.1. The standard InChI is InChI=1S/C15H24O6/c1-11(8-18-2)20-9-13(17)10-21-15-5-4-14(19-3)6-12(15)7-16/h4-6,11,13,16-17H,7-10H2,1-3H3. The Morgan fingerprint density at radius 3 is 2.52 bits per heavy atom. The second-order valence-electron chi connectivity index (χ2n) is 4.70. The van der Waals surface area contributed by atoms with Gasteiger partial charge in [-0.05, 0) is 25.1 Å². The topological polar surface area (TPSA) is 77.4 Å². The zero-order valence-electron chi connectivity index (χ0n) is 12.7. The number of methoxy groups -OCH3 is 2. The molecule has 0 saturated heterocycles. The zero-order chi connectivity index (χ0) is 15.7. The van der Waals surface area contributed by atoms with Gasteiger partial charge in [-0.15, -0.1) is 0 Å². The van der Waals surface area contributed by atoms with Crippen LogP contribution >= 0.6 is 0 Å². The maximum atomic E-state index is 9.81. The molecule has 6 nitrogen and oxygen atoms in total. The van der Waals surface area contributed by atoms with Crippen LogP contribution in [0.3, 0.4) is 0 Å². The summed E-state index contributed by atoms with van der Waals surface area (Å²) in [5.41, 5.74) is 0.607. The Bertz CT molecular complexity index is 409. The van der Waals surface area contributed by atoms with Crippen LogP contribution < -0.4 is 9.47 Å². The molecule has 2 unspecified atom stereocenters. The van der Waals surface area contributed by atoms with Gasteiger partial charge in [0, 0.05) is 12.7 Å². The Morgan fingerprint density at radius 1 is 1.14 bits per heavy atom. The van der Waals surface area contributed by atoms with Crippen LogP contribution in [-0.4, -0.2) is 56.5 Å². The van der Waals surface area contributed by atoms with E-state index in [4.69, 9.17) is 18.9 Å². The SMILES string of the molecule is COCC(C)OCC(O)COc1ccc(OC)cc1CO. The molecular formula is C15H24O6. The van der Waals surface area contributed by atoms with Crippen LogP contribution in [0.5, 0.6) is 11.5 Å². The summed E-state index contributed by atoms with van der Waals surface area (Å²) in [6.07, 6.45) is -0.836. The average Bonchev–Trinajstić information content (AvgIpc) is 2.51. The molecule has 0 aromatic heterocycles. The lowest BCUT2D eigenvalue weighted by Gasteiger charge is -2.17. The average molecular weight is 300 g/mol. The summed E-state index contributed by atoms with van der Waals surface area (Å²) in [5.74, 6) is 1.16. The molecule has 2 atom stereocenters. The number of hydrogen-bond donors (Lipinski definition) is 2. The van der Waals surface area contributed by atoms with Gasteiger partial charge in [0.15, 0.2) is 0 Å². The Morgan fingerprint density at radius 2 is 1.90 bits per heavy atom. The first-order valence-corrected chi connectivity index (χ1v) is 6.79. The summed E-state index contributed by atoms with van der Waals surface area (Å²) in [6.45, 7) is 2.42. The lowest BCUT2D eigenvalue weighted by atomic mass is 10.2. The van der Waals surface area contributed by atoms with E-state index in [1.807, 2.05) is 6.92 Å². The van der Waals surface area contributed by atoms with Crippen LogP contribution in [-0.2, 0) is 16.1 Å². The number of benzene rings is 1. The molecule has 0 fully saturated rings. The lowest BCUT2D eigenvalue weighted by molar-refractivity contribution is -0.0424. The van der Waals surface area contributed by atoms with Crippen LogP contribution in [0, 0.1) is 0 Å². The summed E-state index contributed by atoms with van der Waals surface area (Å²) < 4.78 is 20.9. The first-order valence-electron chi connectivity index (χ1n) is 6.79. The minimum Gasteiger partial charge on any atom is -0.497 e. The molecule has 0 aliphatic heterocycles. The van der Waals surface area contributed by atoms with E-state index >= 15 is 0 Å². The summed E-state index contributed by atoms with van der Waals surface area (Å²) >= 11 is 0. The molecule has 1 aromatic rings. The van der Waals surface area contributed by atoms with Crippen molar-refractivity contribution in [1.29, 1.82) is 0 Å². The fourth-order valence-corrected chi connectivity index (χ4v) is 1.74. The molecule has 0 aliphatic rings. The van der Waals surface area contributed by atoms with Gasteiger partial charge in [-0.1, -0.05) is 0 Å². The van der Waals surface area contributed by atoms with Gasteiger partial charge in [0.05, 0.1) is 33.0 Å². The predicted molar refractivity (Wildman–Crippen MR) is 77.7 cm³/mol. The van der Waals surface area contributed by atoms with Crippen molar-refractivity contribution in [2.45, 2.75) is 25.7 Å². The highest BCUT2D eigenvalue weighted by Gasteiger charge is 2.11. The second-order valence-corrected chi connectivity index (χ2v) is 4.70. The van der Waals surface area contributed by atoms with Crippen LogP contribution in [0.15, 0.2) is 18.2 Å². The molecule has 0 bridgehead atoms. The highest BCUT2D eigenvalue weighted by molar-refractivity contribution is 5.39. The van der Waals surface area contributed by atoms with Gasteiger partial charge in [0.1, 0.15) is 24.2 Å². The number of aliphatic hydroxyl groups is 2. The van der Waals surface area contributed by atoms with Crippen LogP contribution in [0.4, 0.5) is 0 Å². The van der Waals surface area contributed by atoms with Crippen molar-refractivity contribution in [2.75, 3.05) is 34.0 Å². The maximum absolute atomic E-state index is 9.81. The maximum Gasteiger partial charge on any atom is 0.125 e. The van der Waals surface area contributed by atoms with Crippen molar-refractivity contribution in [3.63, 3.8) is 0 Å². The number of hydrogen-bond acceptors (Lipinski definition) is 6. The van der Waals surface area contributed by atoms with Crippen molar-refractivity contribution in [2.24, 2.45) is 0 Å². The smallest absolute Gasteiger partial charge is 0.125 e. The van der Waals surface area contributed by atoms with Crippen molar-refractivity contribution in [3.8, 4) is 11.5 Å². The van der Waals surface area contributed by atoms with Gasteiger partial charge in [-0.2, -0.15) is 0 Å². The Kier molecular flexibility index (Phi) is 8.07. The van der Waals surface area contributed by atoms with E-state index in [0.717, 1.165) is 0 Å². The molecule has 21 heavy (non-hydrogen) atoms. The van der Waals surface area contributed by atoms with E-state index in [9.17, 15) is 10.2 Å². The van der Waals surface area contributed by atoms with Crippen LogP contribution in [0.25, 0.3) is 0 Å². The molecule has 0 amide bonds. The van der Waals surface area contributed by atoms with Gasteiger partial charge in [-0.25, -0.2) is 0 Å². The zero-order valence-corrected chi connectivity index (χ0v) is 12.7. The fraction of sp³-hybridized carbons (Fsp3) is 0.600. The van der Waals surface area contributed by atoms with Crippen molar-refractivity contribution in [1.82, 2.24) is 0 Å². The first kappa shape index (κ1) is 17.7. The lowest BCUT2D eigenvalue weighted by Crippen LogP contribution is -2.27. The number of rotatable bonds is 10. The minimum absolute atomic E-state index is 0.0824. The Hall–Kier alpha value is -1.34. The molecule has 1 rings (SSSR count). The van der Waals surface area contributed by atoms with Crippen molar-refractivity contribution < 1.29 is 29.2 Å². The summed E-state index contributed by atoms with van der Waals surface area (Å²) in [4.78, 5) is 0. The molecule has 0 radical (unpaired) electrons. The third kappa shape index (κ3) is 6.31. The molecule has 0 aliphatic carbocycles. The van der Waals surface area contributed by atoms with Crippen molar-refractivity contribution >= 4 is 0 Å². The summed E-state index contributed by atoms with van der Waals surface area (Å²) in [7, 11) is 3.15. The minimum atomic E-state index is -0.752. The second kappa shape index (κ2) is 9.57. The number of aliphatic hydroxyl groups excluding tert-OH is 2.